The molecule has 1 aromatic carbocycles. The molecule has 0 aliphatic heterocycles. The van der Waals surface area contributed by atoms with Crippen molar-refractivity contribution in [2.24, 2.45) is 5.92 Å². The van der Waals surface area contributed by atoms with Gasteiger partial charge in [0.25, 0.3) is 0 Å². The molecule has 0 spiro atoms. The standard InChI is InChI=1S/C23H31ClN2O5S/c24-21-12-14-22(15-13-21)32(30,31)25-16-2-1-6-19(8-4-11-23(27)28)7-3-9-20-10-5-17-26(29)18-20/h5,10,12-15,17-19,25H,1-4,6-9,11,16H2,(H,27,28). The molecule has 1 atom stereocenters. The molecule has 2 rings (SSSR count). The highest BCUT2D eigenvalue weighted by atomic mass is 35.5. The molecule has 0 amide bonds. The molecule has 2 aromatic rings. The van der Waals surface area contributed by atoms with Crippen molar-refractivity contribution in [3.63, 3.8) is 0 Å². The number of halogens is 1. The van der Waals surface area contributed by atoms with Crippen LogP contribution < -0.4 is 9.45 Å². The van der Waals surface area contributed by atoms with E-state index in [1.165, 1.54) is 18.3 Å². The summed E-state index contributed by atoms with van der Waals surface area (Å²) in [5.41, 5.74) is 0.989. The van der Waals surface area contributed by atoms with Gasteiger partial charge in [-0.1, -0.05) is 30.9 Å². The van der Waals surface area contributed by atoms with Crippen LogP contribution in [0, 0.1) is 11.1 Å². The van der Waals surface area contributed by atoms with Gasteiger partial charge in [0.1, 0.15) is 0 Å². The predicted octanol–water partition coefficient (Wildman–Crippen LogP) is 4.32. The first-order valence-electron chi connectivity index (χ1n) is 10.9. The van der Waals surface area contributed by atoms with Crippen molar-refractivity contribution >= 4 is 27.6 Å². The van der Waals surface area contributed by atoms with E-state index in [1.807, 2.05) is 6.07 Å². The van der Waals surface area contributed by atoms with Gasteiger partial charge in [-0.2, -0.15) is 4.73 Å². The van der Waals surface area contributed by atoms with Gasteiger partial charge in [-0.3, -0.25) is 4.79 Å². The van der Waals surface area contributed by atoms with Crippen molar-refractivity contribution in [1.82, 2.24) is 4.72 Å². The molecule has 7 nitrogen and oxygen atoms in total. The van der Waals surface area contributed by atoms with Crippen LogP contribution in [-0.2, 0) is 21.2 Å². The first kappa shape index (κ1) is 26.1. The van der Waals surface area contributed by atoms with Gasteiger partial charge in [-0.05, 0) is 68.4 Å². The molecule has 0 fully saturated rings. The number of benzene rings is 1. The maximum Gasteiger partial charge on any atom is 0.303 e. The zero-order valence-corrected chi connectivity index (χ0v) is 19.7. The molecule has 32 heavy (non-hydrogen) atoms. The van der Waals surface area contributed by atoms with E-state index < -0.39 is 16.0 Å². The van der Waals surface area contributed by atoms with Crippen molar-refractivity contribution in [2.75, 3.05) is 6.54 Å². The Kier molecular flexibility index (Phi) is 10.9. The van der Waals surface area contributed by atoms with Crippen LogP contribution >= 0.6 is 11.6 Å². The molecule has 0 bridgehead atoms. The largest absolute Gasteiger partial charge is 0.619 e. The summed E-state index contributed by atoms with van der Waals surface area (Å²) in [5.74, 6) is -0.407. The van der Waals surface area contributed by atoms with Gasteiger partial charge < -0.3 is 10.3 Å². The minimum absolute atomic E-state index is 0.159. The lowest BCUT2D eigenvalue weighted by Crippen LogP contribution is -2.25. The first-order chi connectivity index (χ1) is 15.3. The fourth-order valence-electron chi connectivity index (χ4n) is 3.68. The Labute approximate surface area is 195 Å². The second-order valence-corrected chi connectivity index (χ2v) is 10.2. The number of pyridine rings is 1. The minimum Gasteiger partial charge on any atom is -0.619 e. The highest BCUT2D eigenvalue weighted by Crippen LogP contribution is 2.22. The Bertz CT molecular complexity index is 951. The van der Waals surface area contributed by atoms with Crippen LogP contribution in [0.2, 0.25) is 5.02 Å². The molecule has 2 N–H and O–H groups in total. The average molecular weight is 483 g/mol. The molecule has 0 aliphatic rings. The number of carbonyl (C=O) groups is 1. The minimum atomic E-state index is -3.55. The van der Waals surface area contributed by atoms with Gasteiger partial charge in [0.05, 0.1) is 4.90 Å². The second kappa shape index (κ2) is 13.4. The molecule has 0 aliphatic carbocycles. The summed E-state index contributed by atoms with van der Waals surface area (Å²) in [6.45, 7) is 0.348. The molecular weight excluding hydrogens is 452 g/mol. The maximum atomic E-state index is 12.3. The smallest absolute Gasteiger partial charge is 0.303 e. The van der Waals surface area contributed by atoms with Crippen molar-refractivity contribution in [2.45, 2.75) is 62.7 Å². The number of hydrogen-bond donors (Lipinski definition) is 2. The Morgan fingerprint density at radius 1 is 1.06 bits per heavy atom. The van der Waals surface area contributed by atoms with E-state index in [4.69, 9.17) is 16.7 Å². The van der Waals surface area contributed by atoms with Crippen molar-refractivity contribution in [1.29, 1.82) is 0 Å². The van der Waals surface area contributed by atoms with Crippen molar-refractivity contribution in [3.8, 4) is 0 Å². The number of aliphatic carboxylic acids is 1. The SMILES string of the molecule is O=C(O)CCCC(CCCCNS(=O)(=O)c1ccc(Cl)cc1)CCCc1ccc[n+]([O-])c1. The highest BCUT2D eigenvalue weighted by Gasteiger charge is 2.14. The number of unbranched alkanes of at least 4 members (excludes halogenated alkanes) is 1. The van der Waals surface area contributed by atoms with E-state index in [1.54, 1.807) is 24.4 Å². The summed E-state index contributed by atoms with van der Waals surface area (Å²) in [6, 6.07) is 9.71. The molecule has 0 radical (unpaired) electrons. The summed E-state index contributed by atoms with van der Waals surface area (Å²) >= 11 is 5.81. The van der Waals surface area contributed by atoms with Gasteiger partial charge in [0.2, 0.25) is 10.0 Å². The zero-order valence-electron chi connectivity index (χ0n) is 18.1. The summed E-state index contributed by atoms with van der Waals surface area (Å²) in [4.78, 5) is 11.0. The summed E-state index contributed by atoms with van der Waals surface area (Å²) in [7, 11) is -3.55. The first-order valence-corrected chi connectivity index (χ1v) is 12.8. The predicted molar refractivity (Wildman–Crippen MR) is 124 cm³/mol. The summed E-state index contributed by atoms with van der Waals surface area (Å²) < 4.78 is 28.0. The molecule has 0 saturated carbocycles. The summed E-state index contributed by atoms with van der Waals surface area (Å²) in [6.07, 6.45) is 9.81. The monoisotopic (exact) mass is 482 g/mol. The lowest BCUT2D eigenvalue weighted by Gasteiger charge is -2.16. The average Bonchev–Trinajstić information content (AvgIpc) is 2.73. The molecule has 0 saturated heterocycles. The number of rotatable bonds is 15. The van der Waals surface area contributed by atoms with E-state index in [0.29, 0.717) is 30.3 Å². The number of aromatic nitrogens is 1. The van der Waals surface area contributed by atoms with Gasteiger partial charge in [-0.15, -0.1) is 0 Å². The number of nitrogens with one attached hydrogen (secondary N) is 1. The van der Waals surface area contributed by atoms with E-state index >= 15 is 0 Å². The Morgan fingerprint density at radius 3 is 2.44 bits per heavy atom. The van der Waals surface area contributed by atoms with Gasteiger partial charge in [-0.25, -0.2) is 13.1 Å². The number of carboxylic acid groups (broad SMARTS) is 1. The van der Waals surface area contributed by atoms with E-state index in [-0.39, 0.29) is 11.3 Å². The number of carboxylic acids is 1. The van der Waals surface area contributed by atoms with E-state index in [0.717, 1.165) is 48.8 Å². The van der Waals surface area contributed by atoms with Crippen LogP contribution in [-0.4, -0.2) is 26.0 Å². The fourth-order valence-corrected chi connectivity index (χ4v) is 4.88. The third-order valence-corrected chi connectivity index (χ3v) is 7.10. The number of nitrogens with zero attached hydrogens (tertiary/aromatic N) is 1. The fraction of sp³-hybridized carbons (Fsp3) is 0.478. The molecule has 1 aromatic heterocycles. The summed E-state index contributed by atoms with van der Waals surface area (Å²) in [5, 5.41) is 20.8. The van der Waals surface area contributed by atoms with Crippen LogP contribution in [0.1, 0.15) is 56.9 Å². The zero-order chi connectivity index (χ0) is 23.4. The lowest BCUT2D eigenvalue weighted by atomic mass is 9.90. The van der Waals surface area contributed by atoms with Crippen LogP contribution in [0.15, 0.2) is 53.7 Å². The molecule has 9 heteroatoms. The van der Waals surface area contributed by atoms with E-state index in [2.05, 4.69) is 4.72 Å². The van der Waals surface area contributed by atoms with Crippen LogP contribution in [0.5, 0.6) is 0 Å². The Hall–Kier alpha value is -2.16. The molecule has 1 heterocycles. The van der Waals surface area contributed by atoms with Crippen molar-refractivity contribution < 1.29 is 23.0 Å². The highest BCUT2D eigenvalue weighted by molar-refractivity contribution is 7.89. The second-order valence-electron chi connectivity index (χ2n) is 7.96. The van der Waals surface area contributed by atoms with Crippen LogP contribution in [0.3, 0.4) is 0 Å². The third kappa shape index (κ3) is 9.97. The van der Waals surface area contributed by atoms with Gasteiger partial charge in [0, 0.05) is 29.6 Å². The van der Waals surface area contributed by atoms with Crippen LogP contribution in [0.4, 0.5) is 0 Å². The topological polar surface area (TPSA) is 110 Å². The number of aryl methyl sites for hydroxylation is 1. The van der Waals surface area contributed by atoms with E-state index in [9.17, 15) is 18.4 Å². The lowest BCUT2D eigenvalue weighted by molar-refractivity contribution is -0.605. The Balaban J connectivity index is 1.75. The Morgan fingerprint density at radius 2 is 1.75 bits per heavy atom. The number of hydrogen-bond acceptors (Lipinski definition) is 4. The quantitative estimate of drug-likeness (QED) is 0.223. The third-order valence-electron chi connectivity index (χ3n) is 5.37. The molecule has 176 valence electrons. The normalized spacial score (nSPS) is 12.5. The van der Waals surface area contributed by atoms with Gasteiger partial charge in [0.15, 0.2) is 12.4 Å². The molecular formula is C23H31ClN2O5S. The van der Waals surface area contributed by atoms with Gasteiger partial charge >= 0.3 is 5.97 Å². The van der Waals surface area contributed by atoms with Crippen molar-refractivity contribution in [3.05, 3.63) is 64.6 Å². The maximum absolute atomic E-state index is 12.3. The number of sulfonamides is 1. The molecule has 1 unspecified atom stereocenters. The van der Waals surface area contributed by atoms with Crippen LogP contribution in [0.25, 0.3) is 0 Å².